The zero-order valence-corrected chi connectivity index (χ0v) is 38.0. The Hall–Kier alpha value is -6.84. The number of allylic oxidation sites excluding steroid dienone is 2. The molecule has 1 aromatic heterocycles. The molecule has 1 heterocycles. The lowest BCUT2D eigenvalue weighted by molar-refractivity contribution is 0.590. The first-order valence-electron chi connectivity index (χ1n) is 22.4. The molecule has 0 aliphatic heterocycles. The third kappa shape index (κ3) is 8.29. The molecule has 0 aliphatic rings. The maximum atomic E-state index is 7.06. The van der Waals surface area contributed by atoms with Gasteiger partial charge >= 0.3 is 0 Å². The van der Waals surface area contributed by atoms with Crippen molar-refractivity contribution in [3.63, 3.8) is 0 Å². The third-order valence-corrected chi connectivity index (χ3v) is 12.6. The van der Waals surface area contributed by atoms with Crippen molar-refractivity contribution in [2.24, 2.45) is 0 Å². The van der Waals surface area contributed by atoms with Gasteiger partial charge in [-0.25, -0.2) is 0 Å². The summed E-state index contributed by atoms with van der Waals surface area (Å²) < 4.78 is 7.06. The summed E-state index contributed by atoms with van der Waals surface area (Å²) in [5, 5.41) is 7.07. The average molecular weight is 823 g/mol. The van der Waals surface area contributed by atoms with E-state index in [1.165, 1.54) is 43.8 Å². The Bertz CT molecular complexity index is 3130. The highest BCUT2D eigenvalue weighted by molar-refractivity contribution is 6.22. The molecule has 8 aromatic carbocycles. The first kappa shape index (κ1) is 41.5. The van der Waals surface area contributed by atoms with E-state index in [1.54, 1.807) is 0 Å². The van der Waals surface area contributed by atoms with Gasteiger partial charge in [-0.2, -0.15) is 0 Å². The van der Waals surface area contributed by atoms with Gasteiger partial charge in [0.1, 0.15) is 11.2 Å². The van der Waals surface area contributed by atoms with Crippen molar-refractivity contribution in [2.75, 3.05) is 9.80 Å². The van der Waals surface area contributed by atoms with Gasteiger partial charge in [-0.15, -0.1) is 0 Å². The Morgan fingerprint density at radius 1 is 0.571 bits per heavy atom. The van der Waals surface area contributed by atoms with Crippen LogP contribution >= 0.6 is 0 Å². The summed E-state index contributed by atoms with van der Waals surface area (Å²) >= 11 is 0. The normalized spacial score (nSPS) is 12.6. The number of nitrogens with zero attached hydrogens (tertiary/aromatic N) is 2. The second-order valence-electron chi connectivity index (χ2n) is 19.1. The fourth-order valence-electron chi connectivity index (χ4n) is 9.03. The summed E-state index contributed by atoms with van der Waals surface area (Å²) in [7, 11) is 0. The second-order valence-corrected chi connectivity index (χ2v) is 19.1. The van der Waals surface area contributed by atoms with Crippen LogP contribution in [0.1, 0.15) is 82.7 Å². The number of fused-ring (bicyclic) bond motifs is 6. The minimum absolute atomic E-state index is 0.0540. The van der Waals surface area contributed by atoms with Crippen LogP contribution in [-0.2, 0) is 17.3 Å². The van der Waals surface area contributed by atoms with E-state index in [9.17, 15) is 0 Å². The highest BCUT2D eigenvalue weighted by Gasteiger charge is 2.22. The highest BCUT2D eigenvalue weighted by atomic mass is 16.3. The van der Waals surface area contributed by atoms with Gasteiger partial charge in [0.25, 0.3) is 0 Å². The predicted molar refractivity (Wildman–Crippen MR) is 272 cm³/mol. The van der Waals surface area contributed by atoms with Gasteiger partial charge in [0.05, 0.1) is 5.69 Å². The molecule has 0 spiro atoms. The van der Waals surface area contributed by atoms with E-state index in [-0.39, 0.29) is 10.8 Å². The van der Waals surface area contributed by atoms with Crippen molar-refractivity contribution in [3.8, 4) is 0 Å². The molecule has 9 rings (SSSR count). The molecule has 63 heavy (non-hydrogen) atoms. The lowest BCUT2D eigenvalue weighted by Gasteiger charge is -2.28. The van der Waals surface area contributed by atoms with E-state index >= 15 is 0 Å². The fourth-order valence-corrected chi connectivity index (χ4v) is 9.03. The van der Waals surface area contributed by atoms with Crippen LogP contribution in [0.2, 0.25) is 0 Å². The molecular formula is C60H58N2O. The summed E-state index contributed by atoms with van der Waals surface area (Å²) in [4.78, 5) is 4.70. The summed E-state index contributed by atoms with van der Waals surface area (Å²) in [6, 6.07) is 59.6. The van der Waals surface area contributed by atoms with E-state index in [4.69, 9.17) is 4.42 Å². The van der Waals surface area contributed by atoms with Crippen LogP contribution in [0.5, 0.6) is 0 Å². The number of furan rings is 1. The average Bonchev–Trinajstić information content (AvgIpc) is 3.67. The maximum absolute atomic E-state index is 7.06. The summed E-state index contributed by atoms with van der Waals surface area (Å²) in [5.41, 5.74) is 13.7. The lowest BCUT2D eigenvalue weighted by Crippen LogP contribution is -2.15. The topological polar surface area (TPSA) is 19.6 Å². The van der Waals surface area contributed by atoms with Crippen LogP contribution in [-0.4, -0.2) is 0 Å². The molecule has 0 aliphatic carbocycles. The van der Waals surface area contributed by atoms with E-state index in [2.05, 4.69) is 247 Å². The molecule has 0 saturated heterocycles. The quantitative estimate of drug-likeness (QED) is 0.137. The molecule has 0 amide bonds. The number of hydrogen-bond acceptors (Lipinski definition) is 3. The van der Waals surface area contributed by atoms with Crippen LogP contribution in [0.3, 0.4) is 0 Å². The highest BCUT2D eigenvalue weighted by Crippen LogP contribution is 2.45. The maximum Gasteiger partial charge on any atom is 0.139 e. The van der Waals surface area contributed by atoms with Gasteiger partial charge in [0.15, 0.2) is 0 Å². The van der Waals surface area contributed by atoms with Crippen molar-refractivity contribution in [2.45, 2.75) is 79.1 Å². The summed E-state index contributed by atoms with van der Waals surface area (Å²) in [5.74, 6) is 0. The number of hydrogen-bond donors (Lipinski definition) is 0. The van der Waals surface area contributed by atoms with Gasteiger partial charge in [-0.1, -0.05) is 163 Å². The van der Waals surface area contributed by atoms with Gasteiger partial charge in [0, 0.05) is 56.7 Å². The smallest absolute Gasteiger partial charge is 0.139 e. The van der Waals surface area contributed by atoms with Gasteiger partial charge in [-0.05, 0) is 124 Å². The van der Waals surface area contributed by atoms with E-state index in [1.807, 2.05) is 0 Å². The Labute approximate surface area is 373 Å². The molecule has 0 atom stereocenters. The molecular weight excluding hydrogens is 765 g/mol. The molecule has 0 unspecified atom stereocenters. The van der Waals surface area contributed by atoms with E-state index in [0.717, 1.165) is 68.8 Å². The number of aryl methyl sites for hydroxylation is 2. The SMILES string of the molecule is C/C(=C\c1c(C)c2oc3cc(N(c4ccc(C(C)(C)C)cc4)c4cccc5ccccc45)ccc3c2c2ccccc12)N(/C=C/CCc1ccccc1)c1ccc(C(C)(C)C)cc1. The third-order valence-electron chi connectivity index (χ3n) is 12.6. The number of benzene rings is 8. The van der Waals surface area contributed by atoms with Crippen LogP contribution in [0.25, 0.3) is 49.6 Å². The molecule has 0 fully saturated rings. The standard InChI is InChI=1S/C60H58N2O/c1-41(61(38-17-16-21-43-19-10-9-11-20-43)47-32-28-45(29-33-47)59(3,4)5)39-54-42(2)58-57(52-26-15-14-25-51(52)54)53-37-36-49(40-56(53)63-58)62(48-34-30-46(31-35-48)60(6,7)8)55-27-18-23-44-22-12-13-24-50(44)55/h9-15,17-20,22-40H,16,21H2,1-8H3/b38-17+,41-39+. The monoisotopic (exact) mass is 822 g/mol. The molecule has 3 heteroatoms. The van der Waals surface area contributed by atoms with E-state index in [0.29, 0.717) is 0 Å². The van der Waals surface area contributed by atoms with Crippen LogP contribution in [0, 0.1) is 6.92 Å². The Morgan fingerprint density at radius 3 is 1.84 bits per heavy atom. The molecule has 9 aromatic rings. The second kappa shape index (κ2) is 16.8. The van der Waals surface area contributed by atoms with Gasteiger partial charge in [-0.3, -0.25) is 0 Å². The summed E-state index contributed by atoms with van der Waals surface area (Å²) in [6.07, 6.45) is 8.83. The zero-order chi connectivity index (χ0) is 43.9. The predicted octanol–water partition coefficient (Wildman–Crippen LogP) is 17.3. The molecule has 3 nitrogen and oxygen atoms in total. The van der Waals surface area contributed by atoms with Crippen molar-refractivity contribution in [1.82, 2.24) is 0 Å². The molecule has 0 N–H and O–H groups in total. The van der Waals surface area contributed by atoms with Crippen molar-refractivity contribution in [1.29, 1.82) is 0 Å². The van der Waals surface area contributed by atoms with Crippen molar-refractivity contribution in [3.05, 3.63) is 210 Å². The molecule has 0 bridgehead atoms. The zero-order valence-electron chi connectivity index (χ0n) is 38.0. The van der Waals surface area contributed by atoms with Crippen molar-refractivity contribution >= 4 is 72.3 Å². The minimum Gasteiger partial charge on any atom is -0.456 e. The number of anilines is 4. The summed E-state index contributed by atoms with van der Waals surface area (Å²) in [6.45, 7) is 18.0. The van der Waals surface area contributed by atoms with Gasteiger partial charge in [0.2, 0.25) is 0 Å². The number of rotatable bonds is 10. The van der Waals surface area contributed by atoms with E-state index < -0.39 is 0 Å². The molecule has 0 radical (unpaired) electrons. The Kier molecular flexibility index (Phi) is 11.1. The lowest BCUT2D eigenvalue weighted by atomic mass is 9.87. The molecule has 0 saturated carbocycles. The Balaban J connectivity index is 1.17. The van der Waals surface area contributed by atoms with Crippen LogP contribution in [0.15, 0.2) is 186 Å². The van der Waals surface area contributed by atoms with Crippen LogP contribution in [0.4, 0.5) is 22.7 Å². The van der Waals surface area contributed by atoms with Crippen LogP contribution < -0.4 is 9.80 Å². The Morgan fingerprint density at radius 2 is 1.16 bits per heavy atom. The first-order chi connectivity index (χ1) is 30.3. The fraction of sp³-hybridized carbons (Fsp3) is 0.200. The van der Waals surface area contributed by atoms with Crippen molar-refractivity contribution < 1.29 is 4.42 Å². The molecule has 314 valence electrons. The van der Waals surface area contributed by atoms with Gasteiger partial charge < -0.3 is 14.2 Å². The largest absolute Gasteiger partial charge is 0.456 e. The minimum atomic E-state index is 0.0540. The first-order valence-corrected chi connectivity index (χ1v) is 22.4.